The molecule has 2 rings (SSSR count). The zero-order valence-corrected chi connectivity index (χ0v) is 16.7. The maximum absolute atomic E-state index is 4.40. The number of nitrogens with zero attached hydrogens (tertiary/aromatic N) is 2. The monoisotopic (exact) mass is 354 g/mol. The molecule has 0 radical (unpaired) electrons. The number of aliphatic imine (C=N–C) groups is 1. The molecule has 4 nitrogen and oxygen atoms in total. The molecular formula is C19H38N4S. The third-order valence-electron chi connectivity index (χ3n) is 5.42. The van der Waals surface area contributed by atoms with Gasteiger partial charge in [-0.05, 0) is 70.8 Å². The van der Waals surface area contributed by atoms with Crippen LogP contribution in [0.5, 0.6) is 0 Å². The number of rotatable bonds is 8. The molecule has 0 aromatic rings. The highest BCUT2D eigenvalue weighted by Gasteiger charge is 2.21. The van der Waals surface area contributed by atoms with Crippen LogP contribution in [-0.4, -0.2) is 61.6 Å². The van der Waals surface area contributed by atoms with Gasteiger partial charge in [0.1, 0.15) is 0 Å². The quantitative estimate of drug-likeness (QED) is 0.398. The van der Waals surface area contributed by atoms with Crippen LogP contribution in [0.1, 0.15) is 64.2 Å². The lowest BCUT2D eigenvalue weighted by molar-refractivity contribution is 0.224. The summed E-state index contributed by atoms with van der Waals surface area (Å²) in [6.07, 6.45) is 15.7. The van der Waals surface area contributed by atoms with Gasteiger partial charge in [0.25, 0.3) is 0 Å². The van der Waals surface area contributed by atoms with Crippen molar-refractivity contribution in [3.63, 3.8) is 0 Å². The Labute approximate surface area is 153 Å². The lowest BCUT2D eigenvalue weighted by Crippen LogP contribution is -2.45. The van der Waals surface area contributed by atoms with E-state index in [-0.39, 0.29) is 0 Å². The summed E-state index contributed by atoms with van der Waals surface area (Å²) in [6.45, 7) is 4.99. The number of hydrogen-bond acceptors (Lipinski definition) is 3. The number of hydrogen-bond donors (Lipinski definition) is 2. The van der Waals surface area contributed by atoms with Gasteiger partial charge in [-0.3, -0.25) is 4.99 Å². The second kappa shape index (κ2) is 12.0. The predicted molar refractivity (Wildman–Crippen MR) is 108 cm³/mol. The van der Waals surface area contributed by atoms with E-state index in [0.29, 0.717) is 6.04 Å². The van der Waals surface area contributed by atoms with Gasteiger partial charge in [-0.25, -0.2) is 0 Å². The van der Waals surface area contributed by atoms with E-state index in [9.17, 15) is 0 Å². The molecule has 1 aliphatic heterocycles. The van der Waals surface area contributed by atoms with Crippen LogP contribution in [0.4, 0.5) is 0 Å². The van der Waals surface area contributed by atoms with Gasteiger partial charge in [-0.2, -0.15) is 11.8 Å². The first-order valence-electron chi connectivity index (χ1n) is 10.0. The Hall–Kier alpha value is -0.420. The predicted octanol–water partition coefficient (Wildman–Crippen LogP) is 3.48. The zero-order chi connectivity index (χ0) is 17.0. The largest absolute Gasteiger partial charge is 0.356 e. The molecule has 5 heteroatoms. The topological polar surface area (TPSA) is 39.7 Å². The van der Waals surface area contributed by atoms with E-state index >= 15 is 0 Å². The first-order chi connectivity index (χ1) is 11.8. The van der Waals surface area contributed by atoms with E-state index in [1.54, 1.807) is 0 Å². The molecule has 1 heterocycles. The van der Waals surface area contributed by atoms with E-state index in [4.69, 9.17) is 0 Å². The summed E-state index contributed by atoms with van der Waals surface area (Å²) in [5.41, 5.74) is 0. The van der Waals surface area contributed by atoms with Gasteiger partial charge < -0.3 is 15.5 Å². The van der Waals surface area contributed by atoms with Crippen LogP contribution < -0.4 is 10.6 Å². The Balaban J connectivity index is 1.51. The molecule has 140 valence electrons. The molecule has 2 fully saturated rings. The molecule has 1 saturated heterocycles. The second-order valence-corrected chi connectivity index (χ2v) is 8.47. The van der Waals surface area contributed by atoms with Crippen molar-refractivity contribution in [2.24, 2.45) is 4.99 Å². The first-order valence-corrected chi connectivity index (χ1v) is 11.3. The van der Waals surface area contributed by atoms with Crippen molar-refractivity contribution in [2.75, 3.05) is 39.5 Å². The molecule has 2 unspecified atom stereocenters. The van der Waals surface area contributed by atoms with Gasteiger partial charge in [0.2, 0.25) is 0 Å². The first kappa shape index (κ1) is 19.9. The van der Waals surface area contributed by atoms with Crippen molar-refractivity contribution in [1.29, 1.82) is 0 Å². The van der Waals surface area contributed by atoms with Crippen LogP contribution in [0, 0.1) is 0 Å². The van der Waals surface area contributed by atoms with Crippen molar-refractivity contribution in [2.45, 2.75) is 75.5 Å². The highest BCUT2D eigenvalue weighted by molar-refractivity contribution is 7.99. The molecule has 0 aromatic carbocycles. The van der Waals surface area contributed by atoms with Crippen LogP contribution >= 0.6 is 11.8 Å². The minimum atomic E-state index is 0.599. The number of unbranched alkanes of at least 4 members (excludes halogenated alkanes) is 2. The molecule has 0 aromatic heterocycles. The minimum absolute atomic E-state index is 0.599. The number of thioether (sulfide) groups is 1. The number of guanidine groups is 1. The maximum atomic E-state index is 4.40. The molecule has 2 aliphatic rings. The average molecular weight is 355 g/mol. The van der Waals surface area contributed by atoms with Gasteiger partial charge in [0, 0.05) is 24.9 Å². The summed E-state index contributed by atoms with van der Waals surface area (Å²) >= 11 is 2.02. The fourth-order valence-electron chi connectivity index (χ4n) is 3.91. The summed E-state index contributed by atoms with van der Waals surface area (Å²) in [6, 6.07) is 0.599. The fourth-order valence-corrected chi connectivity index (χ4v) is 4.73. The highest BCUT2D eigenvalue weighted by atomic mass is 32.2. The summed E-state index contributed by atoms with van der Waals surface area (Å²) in [5, 5.41) is 7.96. The van der Waals surface area contributed by atoms with Gasteiger partial charge >= 0.3 is 0 Å². The van der Waals surface area contributed by atoms with Gasteiger partial charge in [0.05, 0.1) is 0 Å². The molecule has 2 atom stereocenters. The van der Waals surface area contributed by atoms with E-state index in [0.717, 1.165) is 17.8 Å². The average Bonchev–Trinajstić information content (AvgIpc) is 2.64. The summed E-state index contributed by atoms with van der Waals surface area (Å²) < 4.78 is 0. The Kier molecular flexibility index (Phi) is 9.96. The van der Waals surface area contributed by atoms with E-state index in [1.165, 1.54) is 83.8 Å². The smallest absolute Gasteiger partial charge is 0.191 e. The Bertz CT molecular complexity index is 355. The van der Waals surface area contributed by atoms with Crippen LogP contribution in [0.2, 0.25) is 0 Å². The minimum Gasteiger partial charge on any atom is -0.356 e. The third-order valence-corrected chi connectivity index (χ3v) is 6.51. The van der Waals surface area contributed by atoms with Crippen LogP contribution in [0.3, 0.4) is 0 Å². The molecule has 0 amide bonds. The Morgan fingerprint density at radius 3 is 2.67 bits per heavy atom. The van der Waals surface area contributed by atoms with Crippen LogP contribution in [0.15, 0.2) is 4.99 Å². The van der Waals surface area contributed by atoms with Crippen molar-refractivity contribution in [1.82, 2.24) is 15.5 Å². The van der Waals surface area contributed by atoms with Gasteiger partial charge in [-0.15, -0.1) is 0 Å². The lowest BCUT2D eigenvalue weighted by Gasteiger charge is -2.29. The standard InChI is InChI=1S/C19H38N4S/c1-20-19(22-17-10-9-11-18(16-17)24-2)21-12-5-3-6-13-23-14-7-4-8-15-23/h17-18H,3-16H2,1-2H3,(H2,20,21,22). The maximum Gasteiger partial charge on any atom is 0.191 e. The van der Waals surface area contributed by atoms with E-state index < -0.39 is 0 Å². The summed E-state index contributed by atoms with van der Waals surface area (Å²) in [7, 11) is 1.89. The van der Waals surface area contributed by atoms with Crippen LogP contribution in [-0.2, 0) is 0 Å². The molecule has 1 aliphatic carbocycles. The van der Waals surface area contributed by atoms with Crippen LogP contribution in [0.25, 0.3) is 0 Å². The highest BCUT2D eigenvalue weighted by Crippen LogP contribution is 2.26. The van der Waals surface area contributed by atoms with Crippen molar-refractivity contribution >= 4 is 17.7 Å². The second-order valence-electron chi connectivity index (χ2n) is 7.33. The van der Waals surface area contributed by atoms with Gasteiger partial charge in [0.15, 0.2) is 5.96 Å². The molecule has 0 bridgehead atoms. The van der Waals surface area contributed by atoms with E-state index in [2.05, 4.69) is 26.8 Å². The lowest BCUT2D eigenvalue weighted by atomic mass is 9.95. The Morgan fingerprint density at radius 2 is 1.92 bits per heavy atom. The van der Waals surface area contributed by atoms with Crippen molar-refractivity contribution in [3.8, 4) is 0 Å². The van der Waals surface area contributed by atoms with E-state index in [1.807, 2.05) is 18.8 Å². The summed E-state index contributed by atoms with van der Waals surface area (Å²) in [5.74, 6) is 0.998. The van der Waals surface area contributed by atoms with Crippen molar-refractivity contribution < 1.29 is 0 Å². The molecule has 1 saturated carbocycles. The molecule has 0 spiro atoms. The fraction of sp³-hybridized carbons (Fsp3) is 0.947. The third kappa shape index (κ3) is 7.64. The van der Waals surface area contributed by atoms with Crippen molar-refractivity contribution in [3.05, 3.63) is 0 Å². The normalized spacial score (nSPS) is 26.3. The number of likely N-dealkylation sites (tertiary alicyclic amines) is 1. The van der Waals surface area contributed by atoms with Gasteiger partial charge in [-0.1, -0.05) is 19.3 Å². The number of piperidine rings is 1. The molecule has 2 N–H and O–H groups in total. The molecular weight excluding hydrogens is 316 g/mol. The zero-order valence-electron chi connectivity index (χ0n) is 15.9. The number of nitrogens with one attached hydrogen (secondary N) is 2. The molecule has 24 heavy (non-hydrogen) atoms. The summed E-state index contributed by atoms with van der Waals surface area (Å²) in [4.78, 5) is 7.05. The SMILES string of the molecule is CN=C(NCCCCCN1CCCCC1)NC1CCCC(SC)C1. The Morgan fingerprint density at radius 1 is 1.08 bits per heavy atom.